The zero-order valence-electron chi connectivity index (χ0n) is 11.6. The van der Waals surface area contributed by atoms with Gasteiger partial charge in [-0.3, -0.25) is 0 Å². The van der Waals surface area contributed by atoms with E-state index in [2.05, 4.69) is 17.4 Å². The predicted octanol–water partition coefficient (Wildman–Crippen LogP) is 1.70. The third kappa shape index (κ3) is 4.30. The van der Waals surface area contributed by atoms with Crippen LogP contribution in [0.5, 0.6) is 0 Å². The van der Waals surface area contributed by atoms with Crippen molar-refractivity contribution in [3.8, 4) is 0 Å². The highest BCUT2D eigenvalue weighted by Gasteiger charge is 2.25. The zero-order valence-corrected chi connectivity index (χ0v) is 11.6. The molecule has 0 aromatic heterocycles. The van der Waals surface area contributed by atoms with Crippen LogP contribution in [0.2, 0.25) is 0 Å². The van der Waals surface area contributed by atoms with Crippen LogP contribution in [0.15, 0.2) is 30.3 Å². The molecule has 1 aliphatic carbocycles. The first-order valence-corrected chi connectivity index (χ1v) is 7.44. The molecule has 19 heavy (non-hydrogen) atoms. The number of rotatable bonds is 6. The van der Waals surface area contributed by atoms with Crippen LogP contribution in [0.1, 0.15) is 31.2 Å². The summed E-state index contributed by atoms with van der Waals surface area (Å²) in [5, 5.41) is 13.2. The van der Waals surface area contributed by atoms with Crippen LogP contribution < -0.4 is 11.1 Å². The summed E-state index contributed by atoms with van der Waals surface area (Å²) in [6.45, 7) is 0.934. The van der Waals surface area contributed by atoms with Crippen molar-refractivity contribution in [3.63, 3.8) is 0 Å². The van der Waals surface area contributed by atoms with Crippen LogP contribution >= 0.6 is 0 Å². The van der Waals surface area contributed by atoms with Crippen LogP contribution in [0.4, 0.5) is 0 Å². The zero-order chi connectivity index (χ0) is 13.5. The molecule has 0 radical (unpaired) electrons. The van der Waals surface area contributed by atoms with Gasteiger partial charge in [-0.15, -0.1) is 0 Å². The third-order valence-corrected chi connectivity index (χ3v) is 4.21. The molecule has 2 unspecified atom stereocenters. The molecular formula is C16H26N2O. The lowest BCUT2D eigenvalue weighted by atomic mass is 9.84. The predicted molar refractivity (Wildman–Crippen MR) is 79.0 cm³/mol. The van der Waals surface area contributed by atoms with E-state index in [1.54, 1.807) is 0 Å². The fourth-order valence-corrected chi connectivity index (χ4v) is 3.09. The van der Waals surface area contributed by atoms with E-state index in [9.17, 15) is 5.11 Å². The van der Waals surface area contributed by atoms with Gasteiger partial charge in [0.25, 0.3) is 0 Å². The number of aliphatic hydroxyl groups is 1. The summed E-state index contributed by atoms with van der Waals surface area (Å²) >= 11 is 0. The Morgan fingerprint density at radius 2 is 1.95 bits per heavy atom. The van der Waals surface area contributed by atoms with E-state index in [0.29, 0.717) is 12.0 Å². The standard InChI is InChI=1S/C16H26N2O/c17-11-14-8-4-5-9-16(14)18-15(12-19)10-13-6-2-1-3-7-13/h1-3,6-7,14-16,18-19H,4-5,8-12,17H2/t14?,15-,16?/m0/s1. The van der Waals surface area contributed by atoms with Gasteiger partial charge in [0.05, 0.1) is 6.61 Å². The molecule has 0 heterocycles. The van der Waals surface area contributed by atoms with E-state index in [4.69, 9.17) is 5.73 Å². The molecule has 0 bridgehead atoms. The molecule has 106 valence electrons. The average Bonchev–Trinajstić information content (AvgIpc) is 2.48. The van der Waals surface area contributed by atoms with Crippen molar-refractivity contribution in [3.05, 3.63) is 35.9 Å². The van der Waals surface area contributed by atoms with Crippen molar-refractivity contribution in [1.82, 2.24) is 5.32 Å². The van der Waals surface area contributed by atoms with Crippen molar-refractivity contribution in [1.29, 1.82) is 0 Å². The molecule has 1 fully saturated rings. The van der Waals surface area contributed by atoms with Crippen LogP contribution in [0.3, 0.4) is 0 Å². The highest BCUT2D eigenvalue weighted by Crippen LogP contribution is 2.24. The highest BCUT2D eigenvalue weighted by atomic mass is 16.3. The van der Waals surface area contributed by atoms with Crippen LogP contribution in [-0.2, 0) is 6.42 Å². The summed E-state index contributed by atoms with van der Waals surface area (Å²) in [5.74, 6) is 0.568. The Labute approximate surface area is 116 Å². The maximum atomic E-state index is 9.58. The number of aliphatic hydroxyl groups excluding tert-OH is 1. The largest absolute Gasteiger partial charge is 0.395 e. The maximum Gasteiger partial charge on any atom is 0.0587 e. The Bertz CT molecular complexity index is 355. The smallest absolute Gasteiger partial charge is 0.0587 e. The van der Waals surface area contributed by atoms with E-state index in [1.807, 2.05) is 18.2 Å². The minimum Gasteiger partial charge on any atom is -0.395 e. The fourth-order valence-electron chi connectivity index (χ4n) is 3.09. The summed E-state index contributed by atoms with van der Waals surface area (Å²) in [7, 11) is 0. The highest BCUT2D eigenvalue weighted by molar-refractivity contribution is 5.16. The van der Waals surface area contributed by atoms with Gasteiger partial charge in [-0.2, -0.15) is 0 Å². The van der Waals surface area contributed by atoms with E-state index in [0.717, 1.165) is 13.0 Å². The Morgan fingerprint density at radius 1 is 1.21 bits per heavy atom. The molecule has 1 aromatic rings. The molecular weight excluding hydrogens is 236 g/mol. The molecule has 1 saturated carbocycles. The summed E-state index contributed by atoms with van der Waals surface area (Å²) in [5.41, 5.74) is 7.13. The Hall–Kier alpha value is -0.900. The van der Waals surface area contributed by atoms with E-state index in [1.165, 1.54) is 31.2 Å². The number of hydrogen-bond donors (Lipinski definition) is 3. The lowest BCUT2D eigenvalue weighted by molar-refractivity contribution is 0.191. The van der Waals surface area contributed by atoms with Gasteiger partial charge >= 0.3 is 0 Å². The van der Waals surface area contributed by atoms with E-state index in [-0.39, 0.29) is 12.6 Å². The van der Waals surface area contributed by atoms with Crippen LogP contribution in [0.25, 0.3) is 0 Å². The first-order valence-electron chi connectivity index (χ1n) is 7.44. The van der Waals surface area contributed by atoms with Crippen molar-refractivity contribution in [2.24, 2.45) is 11.7 Å². The summed E-state index contributed by atoms with van der Waals surface area (Å²) in [4.78, 5) is 0. The second-order valence-corrected chi connectivity index (χ2v) is 5.62. The summed E-state index contributed by atoms with van der Waals surface area (Å²) in [6, 6.07) is 11.0. The van der Waals surface area contributed by atoms with E-state index >= 15 is 0 Å². The number of nitrogens with two attached hydrogens (primary N) is 1. The van der Waals surface area contributed by atoms with E-state index < -0.39 is 0 Å². The lowest BCUT2D eigenvalue weighted by Crippen LogP contribution is -2.48. The maximum absolute atomic E-state index is 9.58. The van der Waals surface area contributed by atoms with Gasteiger partial charge in [0.1, 0.15) is 0 Å². The van der Waals surface area contributed by atoms with Crippen molar-refractivity contribution in [2.75, 3.05) is 13.2 Å². The third-order valence-electron chi connectivity index (χ3n) is 4.21. The van der Waals surface area contributed by atoms with Crippen molar-refractivity contribution >= 4 is 0 Å². The first-order chi connectivity index (χ1) is 9.33. The van der Waals surface area contributed by atoms with Gasteiger partial charge < -0.3 is 16.2 Å². The topological polar surface area (TPSA) is 58.3 Å². The second kappa shape index (κ2) is 7.63. The van der Waals surface area contributed by atoms with Gasteiger partial charge in [0.15, 0.2) is 0 Å². The molecule has 0 saturated heterocycles. The normalized spacial score (nSPS) is 25.2. The molecule has 1 aromatic carbocycles. The van der Waals surface area contributed by atoms with Gasteiger partial charge in [0, 0.05) is 12.1 Å². The monoisotopic (exact) mass is 262 g/mol. The first kappa shape index (κ1) is 14.5. The van der Waals surface area contributed by atoms with Crippen LogP contribution in [0, 0.1) is 5.92 Å². The summed E-state index contributed by atoms with van der Waals surface area (Å²) < 4.78 is 0. The lowest BCUT2D eigenvalue weighted by Gasteiger charge is -2.34. The number of benzene rings is 1. The van der Waals surface area contributed by atoms with Gasteiger partial charge in [-0.25, -0.2) is 0 Å². The minimum atomic E-state index is 0.138. The molecule has 1 aliphatic rings. The van der Waals surface area contributed by atoms with Gasteiger partial charge in [0.2, 0.25) is 0 Å². The quantitative estimate of drug-likeness (QED) is 0.731. The molecule has 0 amide bonds. The van der Waals surface area contributed by atoms with Crippen molar-refractivity contribution in [2.45, 2.75) is 44.2 Å². The molecule has 3 atom stereocenters. The Balaban J connectivity index is 1.90. The number of hydrogen-bond acceptors (Lipinski definition) is 3. The Morgan fingerprint density at radius 3 is 2.63 bits per heavy atom. The fraction of sp³-hybridized carbons (Fsp3) is 0.625. The summed E-state index contributed by atoms with van der Waals surface area (Å²) in [6.07, 6.45) is 5.86. The average molecular weight is 262 g/mol. The molecule has 2 rings (SSSR count). The SMILES string of the molecule is NCC1CCCCC1N[C@H](CO)Cc1ccccc1. The molecule has 0 spiro atoms. The minimum absolute atomic E-state index is 0.138. The van der Waals surface area contributed by atoms with Gasteiger partial charge in [-0.1, -0.05) is 43.2 Å². The van der Waals surface area contributed by atoms with Crippen molar-refractivity contribution < 1.29 is 5.11 Å². The van der Waals surface area contributed by atoms with Crippen LogP contribution in [-0.4, -0.2) is 30.3 Å². The molecule has 3 heteroatoms. The van der Waals surface area contributed by atoms with Gasteiger partial charge in [-0.05, 0) is 37.3 Å². The number of nitrogens with one attached hydrogen (secondary N) is 1. The Kier molecular flexibility index (Phi) is 5.83. The molecule has 0 aliphatic heterocycles. The molecule has 4 N–H and O–H groups in total. The molecule has 3 nitrogen and oxygen atoms in total. The second-order valence-electron chi connectivity index (χ2n) is 5.62.